The second kappa shape index (κ2) is 6.35. The molecule has 0 aliphatic heterocycles. The van der Waals surface area contributed by atoms with Crippen molar-refractivity contribution in [2.45, 2.75) is 6.61 Å². The third-order valence-corrected chi connectivity index (χ3v) is 3.13. The lowest BCUT2D eigenvalue weighted by molar-refractivity contribution is 0.284. The number of ether oxygens (including phenoxy) is 2. The van der Waals surface area contributed by atoms with Crippen molar-refractivity contribution < 1.29 is 18.3 Å². The van der Waals surface area contributed by atoms with Gasteiger partial charge in [0.15, 0.2) is 11.5 Å². The second-order valence-corrected chi connectivity index (χ2v) is 4.73. The Kier molecular flexibility index (Phi) is 4.09. The van der Waals surface area contributed by atoms with Crippen molar-refractivity contribution in [3.8, 4) is 23.0 Å². The quantitative estimate of drug-likeness (QED) is 0.779. The van der Waals surface area contributed by atoms with Crippen LogP contribution in [-0.4, -0.2) is 17.3 Å². The van der Waals surface area contributed by atoms with Crippen LogP contribution in [-0.2, 0) is 6.61 Å². The molecule has 1 heterocycles. The van der Waals surface area contributed by atoms with Gasteiger partial charge in [-0.3, -0.25) is 0 Å². The Hall–Kier alpha value is -3.09. The van der Waals surface area contributed by atoms with E-state index in [0.717, 1.165) is 0 Å². The van der Waals surface area contributed by atoms with Crippen LogP contribution in [0.5, 0.6) is 11.5 Å². The molecular formula is C16H14FN3O3. The lowest BCUT2D eigenvalue weighted by Crippen LogP contribution is -1.98. The molecule has 0 aliphatic rings. The maximum atomic E-state index is 13.2. The van der Waals surface area contributed by atoms with E-state index in [4.69, 9.17) is 19.6 Å². The molecular weight excluding hydrogens is 301 g/mol. The van der Waals surface area contributed by atoms with Crippen LogP contribution in [0, 0.1) is 5.82 Å². The van der Waals surface area contributed by atoms with E-state index >= 15 is 0 Å². The van der Waals surface area contributed by atoms with E-state index < -0.39 is 0 Å². The van der Waals surface area contributed by atoms with Gasteiger partial charge in [-0.15, -0.1) is 5.10 Å². The van der Waals surface area contributed by atoms with E-state index in [9.17, 15) is 4.39 Å². The van der Waals surface area contributed by atoms with Crippen molar-refractivity contribution >= 4 is 6.01 Å². The molecule has 2 N–H and O–H groups in total. The van der Waals surface area contributed by atoms with Gasteiger partial charge < -0.3 is 19.6 Å². The SMILES string of the molecule is COc1ccc(-c2nnc(N)o2)cc1OCc1cccc(F)c1. The second-order valence-electron chi connectivity index (χ2n) is 4.73. The minimum absolute atomic E-state index is 0.0157. The summed E-state index contributed by atoms with van der Waals surface area (Å²) in [7, 11) is 1.54. The number of hydrogen-bond donors (Lipinski definition) is 1. The number of anilines is 1. The van der Waals surface area contributed by atoms with Crippen molar-refractivity contribution in [1.82, 2.24) is 10.2 Å². The molecule has 0 atom stereocenters. The number of rotatable bonds is 5. The largest absolute Gasteiger partial charge is 0.493 e. The van der Waals surface area contributed by atoms with Crippen LogP contribution in [0.4, 0.5) is 10.4 Å². The molecule has 0 amide bonds. The standard InChI is InChI=1S/C16H14FN3O3/c1-21-13-6-5-11(15-19-20-16(18)23-15)8-14(13)22-9-10-3-2-4-12(17)7-10/h2-8H,9H2,1H3,(H2,18,20). The fourth-order valence-electron chi connectivity index (χ4n) is 2.06. The average Bonchev–Trinajstić information content (AvgIpc) is 2.99. The normalized spacial score (nSPS) is 10.5. The van der Waals surface area contributed by atoms with Crippen molar-refractivity contribution in [3.63, 3.8) is 0 Å². The Morgan fingerprint density at radius 1 is 1.13 bits per heavy atom. The molecule has 0 unspecified atom stereocenters. The van der Waals surface area contributed by atoms with Gasteiger partial charge in [0.25, 0.3) is 0 Å². The molecule has 0 spiro atoms. The van der Waals surface area contributed by atoms with E-state index in [1.807, 2.05) is 0 Å². The summed E-state index contributed by atoms with van der Waals surface area (Å²) in [5.41, 5.74) is 6.78. The fourth-order valence-corrected chi connectivity index (χ4v) is 2.06. The van der Waals surface area contributed by atoms with Crippen molar-refractivity contribution in [2.75, 3.05) is 12.8 Å². The van der Waals surface area contributed by atoms with Gasteiger partial charge in [0.05, 0.1) is 7.11 Å². The van der Waals surface area contributed by atoms with Gasteiger partial charge in [-0.25, -0.2) is 4.39 Å². The molecule has 2 aromatic carbocycles. The smallest absolute Gasteiger partial charge is 0.313 e. The Morgan fingerprint density at radius 2 is 2.00 bits per heavy atom. The molecule has 1 aromatic heterocycles. The number of nitrogens with zero attached hydrogens (tertiary/aromatic N) is 2. The van der Waals surface area contributed by atoms with E-state index in [1.54, 1.807) is 30.3 Å². The van der Waals surface area contributed by atoms with Gasteiger partial charge >= 0.3 is 6.01 Å². The fraction of sp³-hybridized carbons (Fsp3) is 0.125. The maximum Gasteiger partial charge on any atom is 0.313 e. The van der Waals surface area contributed by atoms with Gasteiger partial charge in [0.1, 0.15) is 12.4 Å². The summed E-state index contributed by atoms with van der Waals surface area (Å²) < 4.78 is 29.4. The first kappa shape index (κ1) is 14.8. The summed E-state index contributed by atoms with van der Waals surface area (Å²) in [6, 6.07) is 11.3. The van der Waals surface area contributed by atoms with E-state index in [1.165, 1.54) is 19.2 Å². The van der Waals surface area contributed by atoms with Gasteiger partial charge in [-0.1, -0.05) is 17.2 Å². The summed E-state index contributed by atoms with van der Waals surface area (Å²) in [6.45, 7) is 0.198. The molecule has 23 heavy (non-hydrogen) atoms. The first-order valence-corrected chi connectivity index (χ1v) is 6.80. The first-order chi connectivity index (χ1) is 11.2. The van der Waals surface area contributed by atoms with Crippen molar-refractivity contribution in [3.05, 3.63) is 53.8 Å². The monoisotopic (exact) mass is 315 g/mol. The minimum Gasteiger partial charge on any atom is -0.493 e. The van der Waals surface area contributed by atoms with Gasteiger partial charge in [-0.2, -0.15) is 0 Å². The predicted molar refractivity (Wildman–Crippen MR) is 81.4 cm³/mol. The van der Waals surface area contributed by atoms with Crippen LogP contribution in [0.15, 0.2) is 46.9 Å². The highest BCUT2D eigenvalue weighted by Crippen LogP contribution is 2.32. The average molecular weight is 315 g/mol. The number of nitrogens with two attached hydrogens (primary N) is 1. The Morgan fingerprint density at radius 3 is 2.70 bits per heavy atom. The summed E-state index contributed by atoms with van der Waals surface area (Å²) in [5, 5.41) is 7.44. The molecule has 118 valence electrons. The summed E-state index contributed by atoms with van der Waals surface area (Å²) in [5.74, 6) is 0.984. The molecule has 0 aliphatic carbocycles. The van der Waals surface area contributed by atoms with Gasteiger partial charge in [-0.05, 0) is 35.9 Å². The number of hydrogen-bond acceptors (Lipinski definition) is 6. The molecule has 3 rings (SSSR count). The molecule has 0 saturated carbocycles. The summed E-state index contributed by atoms with van der Waals surface area (Å²) >= 11 is 0. The van der Waals surface area contributed by atoms with Crippen LogP contribution in [0.2, 0.25) is 0 Å². The number of halogens is 1. The van der Waals surface area contributed by atoms with Crippen LogP contribution >= 0.6 is 0 Å². The predicted octanol–water partition coefficient (Wildman–Crippen LogP) is 3.05. The third-order valence-electron chi connectivity index (χ3n) is 3.13. The third kappa shape index (κ3) is 3.39. The molecule has 6 nitrogen and oxygen atoms in total. The van der Waals surface area contributed by atoms with E-state index in [0.29, 0.717) is 22.6 Å². The number of benzene rings is 2. The van der Waals surface area contributed by atoms with Crippen molar-refractivity contribution in [2.24, 2.45) is 0 Å². The van der Waals surface area contributed by atoms with Gasteiger partial charge in [0, 0.05) is 5.56 Å². The Balaban J connectivity index is 1.84. The molecule has 0 radical (unpaired) electrons. The van der Waals surface area contributed by atoms with E-state index in [2.05, 4.69) is 10.2 Å². The first-order valence-electron chi connectivity index (χ1n) is 6.80. The van der Waals surface area contributed by atoms with Crippen LogP contribution in [0.3, 0.4) is 0 Å². The highest BCUT2D eigenvalue weighted by Gasteiger charge is 2.12. The molecule has 0 bridgehead atoms. The minimum atomic E-state index is -0.312. The molecule has 3 aromatic rings. The van der Waals surface area contributed by atoms with Gasteiger partial charge in [0.2, 0.25) is 5.89 Å². The summed E-state index contributed by atoms with van der Waals surface area (Å²) in [6.07, 6.45) is 0. The molecule has 7 heteroatoms. The zero-order valence-corrected chi connectivity index (χ0v) is 12.3. The number of methoxy groups -OCH3 is 1. The van der Waals surface area contributed by atoms with Crippen LogP contribution in [0.25, 0.3) is 11.5 Å². The number of nitrogen functional groups attached to an aromatic ring is 1. The maximum absolute atomic E-state index is 13.2. The molecule has 0 fully saturated rings. The van der Waals surface area contributed by atoms with Crippen molar-refractivity contribution in [1.29, 1.82) is 0 Å². The van der Waals surface area contributed by atoms with Crippen LogP contribution < -0.4 is 15.2 Å². The lowest BCUT2D eigenvalue weighted by Gasteiger charge is -2.11. The van der Waals surface area contributed by atoms with Crippen LogP contribution in [0.1, 0.15) is 5.56 Å². The zero-order valence-electron chi connectivity index (χ0n) is 12.3. The zero-order chi connectivity index (χ0) is 16.2. The Bertz CT molecular complexity index is 820. The molecule has 0 saturated heterocycles. The highest BCUT2D eigenvalue weighted by atomic mass is 19.1. The highest BCUT2D eigenvalue weighted by molar-refractivity contribution is 5.60. The topological polar surface area (TPSA) is 83.4 Å². The Labute approximate surface area is 131 Å². The lowest BCUT2D eigenvalue weighted by atomic mass is 10.2. The number of aromatic nitrogens is 2. The summed E-state index contributed by atoms with van der Waals surface area (Å²) in [4.78, 5) is 0. The van der Waals surface area contributed by atoms with E-state index in [-0.39, 0.29) is 24.3 Å².